The van der Waals surface area contributed by atoms with Crippen molar-refractivity contribution in [2.45, 2.75) is 18.9 Å². The van der Waals surface area contributed by atoms with Gasteiger partial charge in [0.05, 0.1) is 12.7 Å². The van der Waals surface area contributed by atoms with Gasteiger partial charge in [-0.25, -0.2) is 0 Å². The van der Waals surface area contributed by atoms with Crippen molar-refractivity contribution in [1.82, 2.24) is 5.32 Å². The predicted octanol–water partition coefficient (Wildman–Crippen LogP) is 1.09. The van der Waals surface area contributed by atoms with E-state index < -0.39 is 11.9 Å². The molecule has 5 nitrogen and oxygen atoms in total. The highest BCUT2D eigenvalue weighted by molar-refractivity contribution is 5.81. The lowest BCUT2D eigenvalue weighted by Crippen LogP contribution is -2.34. The molecule has 1 atom stereocenters. The van der Waals surface area contributed by atoms with E-state index in [1.165, 1.54) is 20.0 Å². The molecule has 1 aliphatic carbocycles. The van der Waals surface area contributed by atoms with E-state index in [0.717, 1.165) is 6.54 Å². The zero-order valence-electron chi connectivity index (χ0n) is 10.8. The van der Waals surface area contributed by atoms with Crippen LogP contribution in [0.25, 0.3) is 0 Å². The summed E-state index contributed by atoms with van der Waals surface area (Å²) < 4.78 is 5.08. The Morgan fingerprint density at radius 2 is 2.37 bits per heavy atom. The van der Waals surface area contributed by atoms with Crippen molar-refractivity contribution in [1.29, 1.82) is 5.26 Å². The highest BCUT2D eigenvalue weighted by atomic mass is 16.5. The summed E-state index contributed by atoms with van der Waals surface area (Å²) in [6.45, 7) is 0.779. The van der Waals surface area contributed by atoms with Gasteiger partial charge in [0.1, 0.15) is 17.9 Å². The summed E-state index contributed by atoms with van der Waals surface area (Å²) in [5.74, 6) is 0.710. The Balaban J connectivity index is 2.20. The van der Waals surface area contributed by atoms with Crippen LogP contribution in [0.5, 0.6) is 5.75 Å². The number of ether oxygens (including phenoxy) is 1. The summed E-state index contributed by atoms with van der Waals surface area (Å²) >= 11 is 0. The molecule has 3 N–H and O–H groups in total. The van der Waals surface area contributed by atoms with Crippen LogP contribution in [-0.4, -0.2) is 19.6 Å². The largest absolute Gasteiger partial charge is 0.495 e. The first-order valence-corrected chi connectivity index (χ1v) is 6.26. The van der Waals surface area contributed by atoms with Crippen LogP contribution in [0.15, 0.2) is 18.2 Å². The molecule has 2 rings (SSSR count). The van der Waals surface area contributed by atoms with E-state index in [4.69, 9.17) is 15.7 Å². The molecule has 1 fully saturated rings. The highest BCUT2D eigenvalue weighted by Crippen LogP contribution is 2.29. The number of amides is 1. The molecule has 5 heteroatoms. The van der Waals surface area contributed by atoms with Crippen LogP contribution in [-0.2, 0) is 4.79 Å². The molecule has 0 aromatic heterocycles. The molecule has 1 amide bonds. The molecule has 1 aliphatic rings. The lowest BCUT2D eigenvalue weighted by molar-refractivity contribution is -0.120. The Morgan fingerprint density at radius 1 is 1.63 bits per heavy atom. The molecule has 0 heterocycles. The minimum atomic E-state index is -0.557. The Hall–Kier alpha value is -2.06. The summed E-state index contributed by atoms with van der Waals surface area (Å²) in [4.78, 5) is 11.5. The Bertz CT molecular complexity index is 518. The maximum atomic E-state index is 11.5. The Kier molecular flexibility index (Phi) is 4.03. The van der Waals surface area contributed by atoms with Crippen LogP contribution in [0.1, 0.15) is 30.0 Å². The summed E-state index contributed by atoms with van der Waals surface area (Å²) in [5, 5.41) is 12.2. The topological polar surface area (TPSA) is 88.1 Å². The minimum absolute atomic E-state index is 0.402. The van der Waals surface area contributed by atoms with Gasteiger partial charge in [-0.3, -0.25) is 4.79 Å². The smallest absolute Gasteiger partial charge is 0.239 e. The van der Waals surface area contributed by atoms with Crippen LogP contribution in [0.2, 0.25) is 0 Å². The molecule has 1 unspecified atom stereocenters. The standard InChI is InChI=1S/C14H17N3O2/c1-19-12-5-4-10(6-11(12)7-15)13(14(16)18)17-8-9-2-3-9/h4-6,9,13,17H,2-3,8H2,1H3,(H2,16,18). The third kappa shape index (κ3) is 3.24. The van der Waals surface area contributed by atoms with E-state index in [9.17, 15) is 4.79 Å². The number of benzene rings is 1. The molecule has 100 valence electrons. The fourth-order valence-electron chi connectivity index (χ4n) is 1.98. The lowest BCUT2D eigenvalue weighted by Gasteiger charge is -2.16. The lowest BCUT2D eigenvalue weighted by atomic mass is 10.0. The van der Waals surface area contributed by atoms with Crippen LogP contribution in [0, 0.1) is 17.2 Å². The number of rotatable bonds is 6. The molecule has 0 bridgehead atoms. The van der Waals surface area contributed by atoms with Gasteiger partial charge < -0.3 is 15.8 Å². The van der Waals surface area contributed by atoms with Crippen molar-refractivity contribution in [3.63, 3.8) is 0 Å². The molecule has 19 heavy (non-hydrogen) atoms. The number of methoxy groups -OCH3 is 1. The van der Waals surface area contributed by atoms with Crippen LogP contribution in [0.3, 0.4) is 0 Å². The second-order valence-electron chi connectivity index (χ2n) is 4.76. The maximum absolute atomic E-state index is 11.5. The van der Waals surface area contributed by atoms with Crippen LogP contribution < -0.4 is 15.8 Å². The number of nitriles is 1. The van der Waals surface area contributed by atoms with E-state index in [-0.39, 0.29) is 0 Å². The number of carbonyl (C=O) groups is 1. The number of nitrogens with two attached hydrogens (primary N) is 1. The zero-order valence-corrected chi connectivity index (χ0v) is 10.8. The molecule has 0 aliphatic heterocycles. The maximum Gasteiger partial charge on any atom is 0.239 e. The average Bonchev–Trinajstić information content (AvgIpc) is 3.22. The van der Waals surface area contributed by atoms with Crippen LogP contribution >= 0.6 is 0 Å². The van der Waals surface area contributed by atoms with E-state index in [1.807, 2.05) is 0 Å². The number of nitrogens with one attached hydrogen (secondary N) is 1. The first kappa shape index (κ1) is 13.4. The first-order chi connectivity index (χ1) is 9.15. The number of nitrogens with zero attached hydrogens (tertiary/aromatic N) is 1. The van der Waals surface area contributed by atoms with Gasteiger partial charge in [0.2, 0.25) is 5.91 Å². The Labute approximate surface area is 112 Å². The number of hydrogen-bond donors (Lipinski definition) is 2. The summed E-state index contributed by atoms with van der Waals surface area (Å²) in [6.07, 6.45) is 2.40. The van der Waals surface area contributed by atoms with Gasteiger partial charge in [-0.15, -0.1) is 0 Å². The van der Waals surface area contributed by atoms with E-state index >= 15 is 0 Å². The van der Waals surface area contributed by atoms with Gasteiger partial charge in [0, 0.05) is 0 Å². The fraction of sp³-hybridized carbons (Fsp3) is 0.429. The SMILES string of the molecule is COc1ccc(C(NCC2CC2)C(N)=O)cc1C#N. The highest BCUT2D eigenvalue weighted by Gasteiger charge is 2.25. The van der Waals surface area contributed by atoms with Gasteiger partial charge in [-0.2, -0.15) is 5.26 Å². The second-order valence-corrected chi connectivity index (χ2v) is 4.76. The van der Waals surface area contributed by atoms with Crippen molar-refractivity contribution in [3.05, 3.63) is 29.3 Å². The van der Waals surface area contributed by atoms with Crippen molar-refractivity contribution >= 4 is 5.91 Å². The Morgan fingerprint density at radius 3 is 2.89 bits per heavy atom. The number of primary amides is 1. The molecule has 0 radical (unpaired) electrons. The molecular formula is C14H17N3O2. The van der Waals surface area contributed by atoms with Crippen molar-refractivity contribution < 1.29 is 9.53 Å². The van der Waals surface area contributed by atoms with Gasteiger partial charge in [-0.1, -0.05) is 6.07 Å². The first-order valence-electron chi connectivity index (χ1n) is 6.26. The molecule has 1 aromatic rings. The average molecular weight is 259 g/mol. The number of carbonyl (C=O) groups excluding carboxylic acids is 1. The minimum Gasteiger partial charge on any atom is -0.495 e. The monoisotopic (exact) mass is 259 g/mol. The molecule has 1 aromatic carbocycles. The van der Waals surface area contributed by atoms with Gasteiger partial charge in [0.15, 0.2) is 0 Å². The fourth-order valence-corrected chi connectivity index (χ4v) is 1.98. The third-order valence-corrected chi connectivity index (χ3v) is 3.27. The quantitative estimate of drug-likeness (QED) is 0.800. The van der Waals surface area contributed by atoms with Crippen molar-refractivity contribution in [2.75, 3.05) is 13.7 Å². The van der Waals surface area contributed by atoms with Gasteiger partial charge in [-0.05, 0) is 43.0 Å². The molecule has 0 saturated heterocycles. The zero-order chi connectivity index (χ0) is 13.8. The normalized spacial score (nSPS) is 15.6. The van der Waals surface area contributed by atoms with Crippen molar-refractivity contribution in [3.8, 4) is 11.8 Å². The van der Waals surface area contributed by atoms with Gasteiger partial charge in [0.25, 0.3) is 0 Å². The van der Waals surface area contributed by atoms with Crippen LogP contribution in [0.4, 0.5) is 0 Å². The predicted molar refractivity (Wildman–Crippen MR) is 70.4 cm³/mol. The molecule has 1 saturated carbocycles. The van der Waals surface area contributed by atoms with E-state index in [2.05, 4.69) is 11.4 Å². The molecule has 0 spiro atoms. The molecular weight excluding hydrogens is 242 g/mol. The summed E-state index contributed by atoms with van der Waals surface area (Å²) in [5.41, 5.74) is 6.52. The third-order valence-electron chi connectivity index (χ3n) is 3.27. The van der Waals surface area contributed by atoms with Gasteiger partial charge >= 0.3 is 0 Å². The summed E-state index contributed by atoms with van der Waals surface area (Å²) in [7, 11) is 1.51. The van der Waals surface area contributed by atoms with Crippen molar-refractivity contribution in [2.24, 2.45) is 11.7 Å². The van der Waals surface area contributed by atoms with E-state index in [1.54, 1.807) is 18.2 Å². The second kappa shape index (κ2) is 5.72. The van der Waals surface area contributed by atoms with E-state index in [0.29, 0.717) is 22.8 Å². The number of hydrogen-bond acceptors (Lipinski definition) is 4. The summed E-state index contributed by atoms with van der Waals surface area (Å²) in [6, 6.07) is 6.59.